The molecule has 0 aliphatic carbocycles. The molecule has 2 aliphatic rings. The summed E-state index contributed by atoms with van der Waals surface area (Å²) in [5.41, 5.74) is 3.25. The maximum atomic E-state index is 12.5. The summed E-state index contributed by atoms with van der Waals surface area (Å²) in [7, 11) is 0. The molecule has 0 radical (unpaired) electrons. The van der Waals surface area contributed by atoms with E-state index in [0.717, 1.165) is 24.2 Å². The highest BCUT2D eigenvalue weighted by Gasteiger charge is 2.33. The predicted octanol–water partition coefficient (Wildman–Crippen LogP) is 4.13. The fraction of sp³-hybridized carbons (Fsp3) is 0.261. The second-order valence-electron chi connectivity index (χ2n) is 7.69. The molecule has 3 aromatic rings. The van der Waals surface area contributed by atoms with E-state index in [0.29, 0.717) is 24.6 Å². The summed E-state index contributed by atoms with van der Waals surface area (Å²) in [5, 5.41) is 4.10. The van der Waals surface area contributed by atoms with E-state index in [1.165, 1.54) is 20.5 Å². The number of carbonyl (C=O) groups is 2. The van der Waals surface area contributed by atoms with Crippen LogP contribution in [0.15, 0.2) is 42.6 Å². The highest BCUT2D eigenvalue weighted by molar-refractivity contribution is 7.19. The number of anilines is 1. The van der Waals surface area contributed by atoms with Crippen molar-refractivity contribution in [3.05, 3.63) is 64.2 Å². The molecule has 5 nitrogen and oxygen atoms in total. The minimum absolute atomic E-state index is 0.00433. The number of nitrogens with zero attached hydrogens (tertiary/aromatic N) is 2. The molecular weight excluding hydrogens is 382 g/mol. The van der Waals surface area contributed by atoms with Crippen LogP contribution in [0.2, 0.25) is 0 Å². The standard InChI is InChI=1S/C23H21N3O2S/c1-14-18-4-2-3-5-19(18)29-22(14)17-12-26(13-17)21(28)9-6-15-10-16-7-8-20(27)25-23(16)24-11-15/h2-6,9-11,17H,7-8,12-13H2,1H3,(H,24,25,27)/b9-6+. The molecule has 1 fully saturated rings. The zero-order valence-corrected chi connectivity index (χ0v) is 17.0. The number of rotatable bonds is 3. The number of thiophene rings is 1. The lowest BCUT2D eigenvalue weighted by Crippen LogP contribution is -2.47. The number of amides is 2. The Hall–Kier alpha value is -2.99. The van der Waals surface area contributed by atoms with Gasteiger partial charge in [0.1, 0.15) is 5.82 Å². The highest BCUT2D eigenvalue weighted by atomic mass is 32.1. The van der Waals surface area contributed by atoms with Gasteiger partial charge in [0.15, 0.2) is 0 Å². The molecule has 2 aliphatic heterocycles. The van der Waals surface area contributed by atoms with Crippen molar-refractivity contribution in [3.63, 3.8) is 0 Å². The van der Waals surface area contributed by atoms with Gasteiger partial charge in [-0.15, -0.1) is 11.3 Å². The molecule has 1 saturated heterocycles. The summed E-state index contributed by atoms with van der Waals surface area (Å²) in [4.78, 5) is 31.5. The van der Waals surface area contributed by atoms with E-state index in [-0.39, 0.29) is 11.8 Å². The van der Waals surface area contributed by atoms with Gasteiger partial charge in [0.2, 0.25) is 11.8 Å². The molecule has 6 heteroatoms. The predicted molar refractivity (Wildman–Crippen MR) is 116 cm³/mol. The van der Waals surface area contributed by atoms with Crippen LogP contribution in [0.5, 0.6) is 0 Å². The van der Waals surface area contributed by atoms with Crippen molar-refractivity contribution >= 4 is 45.1 Å². The second-order valence-corrected chi connectivity index (χ2v) is 8.77. The molecule has 1 aromatic carbocycles. The van der Waals surface area contributed by atoms with Crippen molar-refractivity contribution in [2.75, 3.05) is 18.4 Å². The lowest BCUT2D eigenvalue weighted by molar-refractivity contribution is -0.130. The zero-order valence-electron chi connectivity index (χ0n) is 16.1. The number of nitrogens with one attached hydrogen (secondary N) is 1. The summed E-state index contributed by atoms with van der Waals surface area (Å²) >= 11 is 1.85. The van der Waals surface area contributed by atoms with Crippen LogP contribution in [0.3, 0.4) is 0 Å². The number of aryl methyl sites for hydroxylation is 2. The van der Waals surface area contributed by atoms with Gasteiger partial charge in [-0.05, 0) is 53.6 Å². The van der Waals surface area contributed by atoms with Crippen LogP contribution in [-0.2, 0) is 16.0 Å². The molecule has 2 amide bonds. The van der Waals surface area contributed by atoms with Crippen LogP contribution in [-0.4, -0.2) is 34.8 Å². The Kier molecular flexibility index (Phi) is 4.43. The van der Waals surface area contributed by atoms with Crippen LogP contribution in [0.1, 0.15) is 33.9 Å². The number of fused-ring (bicyclic) bond motifs is 2. The lowest BCUT2D eigenvalue weighted by Gasteiger charge is -2.38. The summed E-state index contributed by atoms with van der Waals surface area (Å²) in [6.07, 6.45) is 6.29. The van der Waals surface area contributed by atoms with Gasteiger partial charge in [0.25, 0.3) is 0 Å². The van der Waals surface area contributed by atoms with E-state index in [2.05, 4.69) is 41.5 Å². The van der Waals surface area contributed by atoms with Gasteiger partial charge in [-0.25, -0.2) is 4.98 Å². The number of pyridine rings is 1. The van der Waals surface area contributed by atoms with Crippen molar-refractivity contribution in [2.45, 2.75) is 25.7 Å². The van der Waals surface area contributed by atoms with Crippen molar-refractivity contribution < 1.29 is 9.59 Å². The number of benzene rings is 1. The van der Waals surface area contributed by atoms with Gasteiger partial charge in [-0.3, -0.25) is 9.59 Å². The molecular formula is C23H21N3O2S. The van der Waals surface area contributed by atoms with E-state index in [1.807, 2.05) is 28.4 Å². The summed E-state index contributed by atoms with van der Waals surface area (Å²) in [5.74, 6) is 1.10. The third kappa shape index (κ3) is 3.34. The summed E-state index contributed by atoms with van der Waals surface area (Å²) in [6, 6.07) is 10.5. The first-order valence-corrected chi connectivity index (χ1v) is 10.6. The topological polar surface area (TPSA) is 62.3 Å². The quantitative estimate of drug-likeness (QED) is 0.669. The number of hydrogen-bond donors (Lipinski definition) is 1. The monoisotopic (exact) mass is 403 g/mol. The molecule has 0 spiro atoms. The Bertz CT molecular complexity index is 1160. The molecule has 0 unspecified atom stereocenters. The maximum Gasteiger partial charge on any atom is 0.246 e. The fourth-order valence-electron chi connectivity index (χ4n) is 4.05. The van der Waals surface area contributed by atoms with Gasteiger partial charge in [0.05, 0.1) is 0 Å². The molecule has 5 rings (SSSR count). The molecule has 4 heterocycles. The lowest BCUT2D eigenvalue weighted by atomic mass is 9.94. The third-order valence-corrected chi connectivity index (χ3v) is 7.17. The van der Waals surface area contributed by atoms with E-state index in [1.54, 1.807) is 12.3 Å². The minimum Gasteiger partial charge on any atom is -0.338 e. The van der Waals surface area contributed by atoms with Crippen LogP contribution in [0.4, 0.5) is 5.82 Å². The highest BCUT2D eigenvalue weighted by Crippen LogP contribution is 2.39. The summed E-state index contributed by atoms with van der Waals surface area (Å²) in [6.45, 7) is 3.72. The molecule has 2 aromatic heterocycles. The molecule has 0 saturated carbocycles. The Morgan fingerprint density at radius 1 is 1.28 bits per heavy atom. The van der Waals surface area contributed by atoms with Gasteiger partial charge in [-0.1, -0.05) is 18.2 Å². The first-order chi connectivity index (χ1) is 14.1. The second kappa shape index (κ2) is 7.12. The Balaban J connectivity index is 1.24. The van der Waals surface area contributed by atoms with Crippen LogP contribution in [0.25, 0.3) is 16.2 Å². The summed E-state index contributed by atoms with van der Waals surface area (Å²) < 4.78 is 1.32. The number of hydrogen-bond acceptors (Lipinski definition) is 4. The number of likely N-dealkylation sites (tertiary alicyclic amines) is 1. The minimum atomic E-state index is 0.00433. The molecule has 146 valence electrons. The van der Waals surface area contributed by atoms with Gasteiger partial charge in [0, 0.05) is 47.3 Å². The van der Waals surface area contributed by atoms with Crippen molar-refractivity contribution in [2.24, 2.45) is 0 Å². The van der Waals surface area contributed by atoms with Crippen LogP contribution in [0, 0.1) is 6.92 Å². The first kappa shape index (κ1) is 18.1. The molecule has 29 heavy (non-hydrogen) atoms. The molecule has 1 N–H and O–H groups in total. The van der Waals surface area contributed by atoms with Crippen molar-refractivity contribution in [1.82, 2.24) is 9.88 Å². The van der Waals surface area contributed by atoms with Crippen LogP contribution >= 0.6 is 11.3 Å². The average molecular weight is 404 g/mol. The van der Waals surface area contributed by atoms with Gasteiger partial charge >= 0.3 is 0 Å². The fourth-order valence-corrected chi connectivity index (χ4v) is 5.34. The third-order valence-electron chi connectivity index (χ3n) is 5.73. The first-order valence-electron chi connectivity index (χ1n) is 9.82. The Labute approximate surface area is 173 Å². The largest absolute Gasteiger partial charge is 0.338 e. The van der Waals surface area contributed by atoms with E-state index in [9.17, 15) is 9.59 Å². The number of aromatic nitrogens is 1. The van der Waals surface area contributed by atoms with E-state index >= 15 is 0 Å². The SMILES string of the molecule is Cc1c(C2CN(C(=O)/C=C/c3cnc4c(c3)CCC(=O)N4)C2)sc2ccccc12. The Morgan fingerprint density at radius 2 is 2.10 bits per heavy atom. The number of carbonyl (C=O) groups excluding carboxylic acids is 2. The molecule has 0 bridgehead atoms. The normalized spacial score (nSPS) is 16.7. The van der Waals surface area contributed by atoms with E-state index in [4.69, 9.17) is 0 Å². The van der Waals surface area contributed by atoms with Gasteiger partial charge < -0.3 is 10.2 Å². The van der Waals surface area contributed by atoms with Crippen molar-refractivity contribution in [1.29, 1.82) is 0 Å². The maximum absolute atomic E-state index is 12.5. The smallest absolute Gasteiger partial charge is 0.246 e. The van der Waals surface area contributed by atoms with Crippen molar-refractivity contribution in [3.8, 4) is 0 Å². The zero-order chi connectivity index (χ0) is 20.0. The molecule has 0 atom stereocenters. The van der Waals surface area contributed by atoms with Gasteiger partial charge in [-0.2, -0.15) is 0 Å². The Morgan fingerprint density at radius 3 is 2.93 bits per heavy atom. The van der Waals surface area contributed by atoms with Crippen LogP contribution < -0.4 is 5.32 Å². The van der Waals surface area contributed by atoms with E-state index < -0.39 is 0 Å². The average Bonchev–Trinajstić information content (AvgIpc) is 3.02.